The van der Waals surface area contributed by atoms with E-state index < -0.39 is 41.0 Å². The summed E-state index contributed by atoms with van der Waals surface area (Å²) in [6, 6.07) is 0. The summed E-state index contributed by atoms with van der Waals surface area (Å²) in [7, 11) is 0. The van der Waals surface area contributed by atoms with Crippen molar-refractivity contribution >= 4 is 45.9 Å². The molecule has 228 valence electrons. The van der Waals surface area contributed by atoms with E-state index in [4.69, 9.17) is 21.7 Å². The number of aliphatic hydroxyl groups excluding tert-OH is 2. The summed E-state index contributed by atoms with van der Waals surface area (Å²) in [5.74, 6) is -0.947. The van der Waals surface area contributed by atoms with Crippen LogP contribution in [0.4, 0.5) is 0 Å². The third kappa shape index (κ3) is 6.32. The molecule has 0 aromatic heterocycles. The van der Waals surface area contributed by atoms with E-state index in [0.717, 1.165) is 12.8 Å². The number of hydrogen-bond donors (Lipinski definition) is 2. The normalized spacial score (nSPS) is 38.5. The topological polar surface area (TPSA) is 110 Å². The van der Waals surface area contributed by atoms with Crippen molar-refractivity contribution in [1.82, 2.24) is 0 Å². The maximum Gasteiger partial charge on any atom is 0.332 e. The number of thioether (sulfide) groups is 1. The van der Waals surface area contributed by atoms with Crippen LogP contribution in [-0.4, -0.2) is 62.8 Å². The molecule has 0 aromatic rings. The van der Waals surface area contributed by atoms with Crippen LogP contribution in [0.5, 0.6) is 0 Å². The first kappa shape index (κ1) is 33.5. The predicted octanol–water partition coefficient (Wildman–Crippen LogP) is 5.52. The average molecular weight is 599 g/mol. The highest BCUT2D eigenvalue weighted by atomic mass is 32.2. The zero-order valence-electron chi connectivity index (χ0n) is 25.6. The third-order valence-electron chi connectivity index (χ3n) is 10.6. The van der Waals surface area contributed by atoms with Crippen molar-refractivity contribution in [3.63, 3.8) is 0 Å². The average Bonchev–Trinajstić information content (AvgIpc) is 3.23. The molecule has 0 spiro atoms. The summed E-state index contributed by atoms with van der Waals surface area (Å²) in [5, 5.41) is 21.7. The molecule has 0 aromatic carbocycles. The first-order valence-corrected chi connectivity index (χ1v) is 16.0. The van der Waals surface area contributed by atoms with Crippen molar-refractivity contribution < 1.29 is 34.1 Å². The van der Waals surface area contributed by atoms with Crippen LogP contribution in [0.2, 0.25) is 0 Å². The van der Waals surface area contributed by atoms with Gasteiger partial charge < -0.3 is 24.5 Å². The molecule has 9 heteroatoms. The number of ketones is 2. The van der Waals surface area contributed by atoms with Gasteiger partial charge in [-0.3, -0.25) is 4.79 Å². The summed E-state index contributed by atoms with van der Waals surface area (Å²) in [5.41, 5.74) is -2.00. The van der Waals surface area contributed by atoms with Crippen molar-refractivity contribution in [3.8, 4) is 0 Å². The lowest BCUT2D eigenvalue weighted by atomic mass is 9.43. The van der Waals surface area contributed by atoms with E-state index in [1.54, 1.807) is 6.92 Å². The number of esters is 1. The number of carbonyl (C=O) groups is 3. The van der Waals surface area contributed by atoms with Gasteiger partial charge in [0.2, 0.25) is 4.38 Å². The van der Waals surface area contributed by atoms with Crippen LogP contribution in [0, 0.1) is 39.4 Å². The van der Waals surface area contributed by atoms with Crippen LogP contribution in [0.15, 0.2) is 0 Å². The third-order valence-corrected chi connectivity index (χ3v) is 12.4. The number of carbonyl (C=O) groups excluding carboxylic acids is 3. The molecule has 0 amide bonds. The Labute approximate surface area is 249 Å². The van der Waals surface area contributed by atoms with Gasteiger partial charge in [0.05, 0.1) is 12.7 Å². The number of ether oxygens (including phenoxy) is 2. The lowest BCUT2D eigenvalue weighted by molar-refractivity contribution is -0.213. The minimum Gasteiger partial charge on any atom is -0.478 e. The Balaban J connectivity index is 2.14. The smallest absolute Gasteiger partial charge is 0.332 e. The van der Waals surface area contributed by atoms with Gasteiger partial charge in [0.15, 0.2) is 0 Å². The second-order valence-corrected chi connectivity index (χ2v) is 16.3. The maximum absolute atomic E-state index is 13.6. The Morgan fingerprint density at radius 3 is 2.42 bits per heavy atom. The standard InChI is InChI=1S/C31H50O7S2/c1-18-11-13-31-14-12-21(34)25(31)30(18,8)22(38-24(35)16-32)15-29(7,26(36)20(31)3)23(10-9-19(2)33)40-27(39)37-17-28(4,5)6/h18,20,22-23,25-26,32,36H,9-17H2,1-8H3/t18-,20+,22-,23?,25+,26+,29+,30+,31+/m1/s1. The van der Waals surface area contributed by atoms with Gasteiger partial charge >= 0.3 is 5.97 Å². The summed E-state index contributed by atoms with van der Waals surface area (Å²) in [4.78, 5) is 38.4. The fourth-order valence-corrected chi connectivity index (χ4v) is 9.61. The van der Waals surface area contributed by atoms with Crippen LogP contribution < -0.4 is 0 Å². The van der Waals surface area contributed by atoms with Gasteiger partial charge in [-0.05, 0) is 73.9 Å². The molecule has 3 aliphatic rings. The molecule has 9 atom stereocenters. The SMILES string of the molecule is CC(=O)CCC(SC(=S)OCC(C)(C)C)[C@]1(C)C[C@@H](OC(=O)CO)[C@]2(C)[C@H](C)CC[C@]3(CCC(=O)[C@H]32)[C@@H](C)[C@@H]1O. The second-order valence-electron chi connectivity index (χ2n) is 14.5. The van der Waals surface area contributed by atoms with Gasteiger partial charge in [-0.25, -0.2) is 4.79 Å². The van der Waals surface area contributed by atoms with Crippen LogP contribution in [0.25, 0.3) is 0 Å². The molecule has 3 fully saturated rings. The molecule has 0 saturated heterocycles. The molecule has 3 rings (SSSR count). The molecule has 0 aliphatic heterocycles. The first-order chi connectivity index (χ1) is 18.4. The van der Waals surface area contributed by atoms with Gasteiger partial charge in [0.1, 0.15) is 24.3 Å². The van der Waals surface area contributed by atoms with Gasteiger partial charge in [-0.2, -0.15) is 0 Å². The van der Waals surface area contributed by atoms with Crippen molar-refractivity contribution in [3.05, 3.63) is 0 Å². The highest BCUT2D eigenvalue weighted by Crippen LogP contribution is 2.68. The fourth-order valence-electron chi connectivity index (χ4n) is 8.10. The Morgan fingerprint density at radius 1 is 1.20 bits per heavy atom. The van der Waals surface area contributed by atoms with Crippen molar-refractivity contribution in [2.75, 3.05) is 13.2 Å². The van der Waals surface area contributed by atoms with E-state index in [0.29, 0.717) is 36.7 Å². The van der Waals surface area contributed by atoms with Gasteiger partial charge in [0.25, 0.3) is 0 Å². The van der Waals surface area contributed by atoms with Gasteiger partial charge in [-0.15, -0.1) is 0 Å². The molecule has 3 saturated carbocycles. The monoisotopic (exact) mass is 598 g/mol. The summed E-state index contributed by atoms with van der Waals surface area (Å²) in [6.07, 6.45) is 2.37. The number of aliphatic hydroxyl groups is 2. The van der Waals surface area contributed by atoms with E-state index in [2.05, 4.69) is 41.5 Å². The Hall–Kier alpha value is -1.03. The molecule has 40 heavy (non-hydrogen) atoms. The highest BCUT2D eigenvalue weighted by Gasteiger charge is 2.69. The number of hydrogen-bond acceptors (Lipinski definition) is 9. The number of rotatable bonds is 8. The van der Waals surface area contributed by atoms with Crippen LogP contribution in [0.1, 0.15) is 100 Å². The van der Waals surface area contributed by atoms with E-state index in [-0.39, 0.29) is 46.4 Å². The molecule has 1 unspecified atom stereocenters. The first-order valence-electron chi connectivity index (χ1n) is 14.8. The van der Waals surface area contributed by atoms with E-state index in [1.165, 1.54) is 11.8 Å². The number of Topliss-reactive ketones (excluding diaryl/α,β-unsaturated/α-hetero) is 2. The maximum atomic E-state index is 13.6. The quantitative estimate of drug-likeness (QED) is 0.276. The van der Waals surface area contributed by atoms with Crippen molar-refractivity contribution in [1.29, 1.82) is 0 Å². The minimum atomic E-state index is -0.843. The van der Waals surface area contributed by atoms with E-state index in [9.17, 15) is 24.6 Å². The molecule has 2 N–H and O–H groups in total. The molecule has 0 heterocycles. The van der Waals surface area contributed by atoms with Gasteiger partial charge in [-0.1, -0.05) is 60.2 Å². The van der Waals surface area contributed by atoms with Crippen molar-refractivity contribution in [2.45, 2.75) is 118 Å². The van der Waals surface area contributed by atoms with Crippen LogP contribution in [-0.2, 0) is 23.9 Å². The molecule has 2 bridgehead atoms. The molecule has 7 nitrogen and oxygen atoms in total. The molecule has 0 radical (unpaired) electrons. The zero-order valence-corrected chi connectivity index (χ0v) is 27.2. The Bertz CT molecular complexity index is 993. The van der Waals surface area contributed by atoms with Crippen LogP contribution in [0.3, 0.4) is 0 Å². The van der Waals surface area contributed by atoms with Crippen LogP contribution >= 0.6 is 24.0 Å². The molecular formula is C31H50O7S2. The summed E-state index contributed by atoms with van der Waals surface area (Å²) in [6.45, 7) is 15.7. The lowest BCUT2D eigenvalue weighted by Gasteiger charge is -2.62. The summed E-state index contributed by atoms with van der Waals surface area (Å²) < 4.78 is 12.4. The molecular weight excluding hydrogens is 548 g/mol. The van der Waals surface area contributed by atoms with Gasteiger partial charge in [0, 0.05) is 34.8 Å². The van der Waals surface area contributed by atoms with E-state index >= 15 is 0 Å². The Morgan fingerprint density at radius 2 is 1.85 bits per heavy atom. The van der Waals surface area contributed by atoms with Crippen molar-refractivity contribution in [2.24, 2.45) is 39.4 Å². The highest BCUT2D eigenvalue weighted by molar-refractivity contribution is 8.23. The molecule has 3 aliphatic carbocycles. The zero-order chi connectivity index (χ0) is 30.3. The van der Waals surface area contributed by atoms with E-state index in [1.807, 2.05) is 6.92 Å². The Kier molecular flexibility index (Phi) is 10.3. The second kappa shape index (κ2) is 12.3. The largest absolute Gasteiger partial charge is 0.478 e. The summed E-state index contributed by atoms with van der Waals surface area (Å²) >= 11 is 7.04. The predicted molar refractivity (Wildman–Crippen MR) is 161 cm³/mol. The number of thiocarbonyl (C=S) groups is 1. The minimum absolute atomic E-state index is 0.0462. The lowest BCUT2D eigenvalue weighted by Crippen LogP contribution is -2.64. The fraction of sp³-hybridized carbons (Fsp3) is 0.871.